The lowest BCUT2D eigenvalue weighted by molar-refractivity contribution is 0.0201. The molecule has 0 aliphatic carbocycles. The van der Waals surface area contributed by atoms with Gasteiger partial charge in [0.2, 0.25) is 0 Å². The van der Waals surface area contributed by atoms with E-state index in [0.29, 0.717) is 6.61 Å². The van der Waals surface area contributed by atoms with Crippen molar-refractivity contribution in [3.05, 3.63) is 29.8 Å². The van der Waals surface area contributed by atoms with Crippen LogP contribution in [-0.2, 0) is 19.0 Å². The molecule has 19 heavy (non-hydrogen) atoms. The van der Waals surface area contributed by atoms with Crippen LogP contribution in [0.3, 0.4) is 0 Å². The quantitative estimate of drug-likeness (QED) is 0.690. The smallest absolute Gasteiger partial charge is 0.297 e. The van der Waals surface area contributed by atoms with Crippen LogP contribution in [0.5, 0.6) is 0 Å². The molecule has 0 spiro atoms. The number of hydrogen-bond donors (Lipinski definition) is 0. The summed E-state index contributed by atoms with van der Waals surface area (Å²) in [5.74, 6) is 0. The molecule has 0 fully saturated rings. The Balaban J connectivity index is 2.61. The molecule has 0 saturated heterocycles. The lowest BCUT2D eigenvalue weighted by Gasteiger charge is -2.15. The summed E-state index contributed by atoms with van der Waals surface area (Å²) in [6, 6.07) is 6.61. The van der Waals surface area contributed by atoms with E-state index in [2.05, 4.69) is 0 Å². The molecule has 0 aliphatic rings. The average Bonchev–Trinajstić information content (AvgIpc) is 2.39. The molecular formula is C14H22O4S. The minimum Gasteiger partial charge on any atom is -0.376 e. The van der Waals surface area contributed by atoms with Crippen LogP contribution in [0.25, 0.3) is 0 Å². The highest BCUT2D eigenvalue weighted by Crippen LogP contribution is 2.14. The fourth-order valence-corrected chi connectivity index (χ4v) is 2.44. The maximum absolute atomic E-state index is 12.0. The van der Waals surface area contributed by atoms with E-state index < -0.39 is 10.1 Å². The van der Waals surface area contributed by atoms with Gasteiger partial charge in [0.05, 0.1) is 17.6 Å². The Kier molecular flexibility index (Phi) is 6.48. The Morgan fingerprint density at radius 2 is 1.79 bits per heavy atom. The standard InChI is InChI=1S/C14H22O4S/c1-4-10-17-13(5-2)11-18-19(15,16)14-8-6-12(3)7-9-14/h6-9,13H,4-5,10-11H2,1-3H3. The normalized spacial score (nSPS) is 13.4. The van der Waals surface area contributed by atoms with Crippen LogP contribution in [-0.4, -0.2) is 27.7 Å². The van der Waals surface area contributed by atoms with Crippen LogP contribution in [0.15, 0.2) is 29.2 Å². The SMILES string of the molecule is CCCOC(CC)COS(=O)(=O)c1ccc(C)cc1. The molecular weight excluding hydrogens is 264 g/mol. The summed E-state index contributed by atoms with van der Waals surface area (Å²) in [6.07, 6.45) is 1.45. The Morgan fingerprint density at radius 1 is 1.16 bits per heavy atom. The largest absolute Gasteiger partial charge is 0.376 e. The van der Waals surface area contributed by atoms with Gasteiger partial charge in [0, 0.05) is 6.61 Å². The van der Waals surface area contributed by atoms with Crippen LogP contribution in [0.4, 0.5) is 0 Å². The summed E-state index contributed by atoms with van der Waals surface area (Å²) < 4.78 is 34.5. The molecule has 0 aliphatic heterocycles. The highest BCUT2D eigenvalue weighted by molar-refractivity contribution is 7.86. The zero-order valence-electron chi connectivity index (χ0n) is 11.8. The van der Waals surface area contributed by atoms with Gasteiger partial charge in [-0.2, -0.15) is 8.42 Å². The summed E-state index contributed by atoms with van der Waals surface area (Å²) in [5, 5.41) is 0. The summed E-state index contributed by atoms with van der Waals surface area (Å²) in [4.78, 5) is 0.184. The predicted octanol–water partition coefficient (Wildman–Crippen LogP) is 2.91. The van der Waals surface area contributed by atoms with Crippen LogP contribution in [0.1, 0.15) is 32.3 Å². The molecule has 1 atom stereocenters. The topological polar surface area (TPSA) is 52.6 Å². The lowest BCUT2D eigenvalue weighted by Crippen LogP contribution is -2.22. The van der Waals surface area contributed by atoms with Crippen molar-refractivity contribution >= 4 is 10.1 Å². The fraction of sp³-hybridized carbons (Fsp3) is 0.571. The van der Waals surface area contributed by atoms with E-state index >= 15 is 0 Å². The highest BCUT2D eigenvalue weighted by atomic mass is 32.2. The van der Waals surface area contributed by atoms with E-state index in [-0.39, 0.29) is 17.6 Å². The first-order chi connectivity index (χ1) is 8.99. The minimum absolute atomic E-state index is 0.0622. The first-order valence-electron chi connectivity index (χ1n) is 6.57. The van der Waals surface area contributed by atoms with E-state index in [0.717, 1.165) is 18.4 Å². The van der Waals surface area contributed by atoms with Gasteiger partial charge in [-0.3, -0.25) is 4.18 Å². The van der Waals surface area contributed by atoms with Crippen molar-refractivity contribution in [1.29, 1.82) is 0 Å². The van der Waals surface area contributed by atoms with Crippen molar-refractivity contribution in [3.8, 4) is 0 Å². The van der Waals surface area contributed by atoms with Crippen LogP contribution < -0.4 is 0 Å². The summed E-state index contributed by atoms with van der Waals surface area (Å²) in [5.41, 5.74) is 1.01. The molecule has 108 valence electrons. The van der Waals surface area contributed by atoms with Gasteiger partial charge in [-0.05, 0) is 31.9 Å². The Labute approximate surface area is 115 Å². The second-order valence-electron chi connectivity index (χ2n) is 4.45. The van der Waals surface area contributed by atoms with E-state index in [1.807, 2.05) is 20.8 Å². The molecule has 0 radical (unpaired) electrons. The Bertz CT molecular complexity index is 465. The third-order valence-electron chi connectivity index (χ3n) is 2.73. The third-order valence-corrected chi connectivity index (χ3v) is 4.03. The minimum atomic E-state index is -3.69. The van der Waals surface area contributed by atoms with Crippen LogP contribution >= 0.6 is 0 Å². The monoisotopic (exact) mass is 286 g/mol. The zero-order chi connectivity index (χ0) is 14.3. The maximum Gasteiger partial charge on any atom is 0.297 e. The van der Waals surface area contributed by atoms with Gasteiger partial charge < -0.3 is 4.74 Å². The summed E-state index contributed by atoms with van der Waals surface area (Å²) in [7, 11) is -3.69. The van der Waals surface area contributed by atoms with Gasteiger partial charge in [-0.1, -0.05) is 31.5 Å². The van der Waals surface area contributed by atoms with Crippen LogP contribution in [0, 0.1) is 6.92 Å². The van der Waals surface area contributed by atoms with Gasteiger partial charge in [0.15, 0.2) is 0 Å². The van der Waals surface area contributed by atoms with Gasteiger partial charge in [-0.25, -0.2) is 0 Å². The van der Waals surface area contributed by atoms with Gasteiger partial charge >= 0.3 is 0 Å². The second kappa shape index (κ2) is 7.62. The number of ether oxygens (including phenoxy) is 1. The average molecular weight is 286 g/mol. The molecule has 0 heterocycles. The highest BCUT2D eigenvalue weighted by Gasteiger charge is 2.17. The van der Waals surface area contributed by atoms with Crippen molar-refractivity contribution in [1.82, 2.24) is 0 Å². The van der Waals surface area contributed by atoms with E-state index in [1.165, 1.54) is 0 Å². The van der Waals surface area contributed by atoms with Crippen molar-refractivity contribution in [3.63, 3.8) is 0 Å². The molecule has 1 unspecified atom stereocenters. The lowest BCUT2D eigenvalue weighted by atomic mass is 10.2. The van der Waals surface area contributed by atoms with Gasteiger partial charge in [0.1, 0.15) is 0 Å². The third kappa shape index (κ3) is 5.30. The molecule has 0 bridgehead atoms. The van der Waals surface area contributed by atoms with E-state index in [1.54, 1.807) is 24.3 Å². The zero-order valence-corrected chi connectivity index (χ0v) is 12.6. The summed E-state index contributed by atoms with van der Waals surface area (Å²) >= 11 is 0. The Morgan fingerprint density at radius 3 is 2.32 bits per heavy atom. The fourth-order valence-electron chi connectivity index (χ4n) is 1.51. The predicted molar refractivity (Wildman–Crippen MR) is 74.6 cm³/mol. The number of aryl methyl sites for hydroxylation is 1. The molecule has 1 aromatic rings. The van der Waals surface area contributed by atoms with Crippen LogP contribution in [0.2, 0.25) is 0 Å². The molecule has 4 nitrogen and oxygen atoms in total. The molecule has 1 rings (SSSR count). The molecule has 0 aromatic heterocycles. The maximum atomic E-state index is 12.0. The van der Waals surface area contributed by atoms with Gasteiger partial charge in [-0.15, -0.1) is 0 Å². The molecule has 0 saturated carbocycles. The molecule has 0 amide bonds. The summed E-state index contributed by atoms with van der Waals surface area (Å²) in [6.45, 7) is 6.54. The molecule has 5 heteroatoms. The second-order valence-corrected chi connectivity index (χ2v) is 6.07. The van der Waals surface area contributed by atoms with Crippen molar-refractivity contribution in [2.75, 3.05) is 13.2 Å². The molecule has 0 N–H and O–H groups in total. The number of rotatable bonds is 8. The first kappa shape index (κ1) is 16.1. The van der Waals surface area contributed by atoms with E-state index in [9.17, 15) is 8.42 Å². The number of hydrogen-bond acceptors (Lipinski definition) is 4. The van der Waals surface area contributed by atoms with Crippen molar-refractivity contribution < 1.29 is 17.3 Å². The van der Waals surface area contributed by atoms with Gasteiger partial charge in [0.25, 0.3) is 10.1 Å². The number of benzene rings is 1. The molecule has 1 aromatic carbocycles. The first-order valence-corrected chi connectivity index (χ1v) is 7.98. The van der Waals surface area contributed by atoms with Crippen molar-refractivity contribution in [2.45, 2.75) is 44.6 Å². The Hall–Kier alpha value is -0.910. The van der Waals surface area contributed by atoms with E-state index in [4.69, 9.17) is 8.92 Å². The van der Waals surface area contributed by atoms with Crippen molar-refractivity contribution in [2.24, 2.45) is 0 Å².